The first-order valence-electron chi connectivity index (χ1n) is 7.29. The van der Waals surface area contributed by atoms with Crippen molar-refractivity contribution in [3.63, 3.8) is 0 Å². The van der Waals surface area contributed by atoms with Gasteiger partial charge >= 0.3 is 0 Å². The van der Waals surface area contributed by atoms with Crippen molar-refractivity contribution in [2.24, 2.45) is 0 Å². The van der Waals surface area contributed by atoms with Crippen molar-refractivity contribution in [2.75, 3.05) is 21.2 Å². The highest BCUT2D eigenvalue weighted by Gasteiger charge is 2.22. The summed E-state index contributed by atoms with van der Waals surface area (Å²) in [5.41, 5.74) is 1.01. The number of hydrogen-bond acceptors (Lipinski definition) is 4. The molecule has 1 aromatic rings. The number of amides is 1. The topological polar surface area (TPSA) is 50.8 Å². The maximum Gasteiger partial charge on any atom is 0.262 e. The molecule has 1 atom stereocenters. The third kappa shape index (κ3) is 4.36. The summed E-state index contributed by atoms with van der Waals surface area (Å²) in [6, 6.07) is 6.28. The standard InChI is InChI=1S/C16H24N2O3/c1-11(16(19)18(2)3)21-15-8-7-14(20-4)9-12(15)10-17-13-5-6-13/h7-9,11,13,17H,5-6,10H2,1-4H3. The molecule has 1 N–H and O–H groups in total. The van der Waals surface area contributed by atoms with Gasteiger partial charge in [-0.05, 0) is 38.0 Å². The lowest BCUT2D eigenvalue weighted by Crippen LogP contribution is -2.35. The van der Waals surface area contributed by atoms with E-state index in [1.807, 2.05) is 18.2 Å². The fraction of sp³-hybridized carbons (Fsp3) is 0.562. The zero-order chi connectivity index (χ0) is 15.4. The molecule has 0 aliphatic heterocycles. The van der Waals surface area contributed by atoms with Crippen molar-refractivity contribution < 1.29 is 14.3 Å². The summed E-state index contributed by atoms with van der Waals surface area (Å²) >= 11 is 0. The maximum absolute atomic E-state index is 11.9. The number of rotatable bonds is 7. The number of hydrogen-bond donors (Lipinski definition) is 1. The van der Waals surface area contributed by atoms with E-state index in [9.17, 15) is 4.79 Å². The molecule has 1 aliphatic rings. The molecule has 5 nitrogen and oxygen atoms in total. The Bertz CT molecular complexity index is 498. The van der Waals surface area contributed by atoms with Gasteiger partial charge in [-0.3, -0.25) is 4.79 Å². The third-order valence-electron chi connectivity index (χ3n) is 3.52. The Balaban J connectivity index is 2.10. The van der Waals surface area contributed by atoms with Gasteiger partial charge in [0.05, 0.1) is 7.11 Å². The number of ether oxygens (including phenoxy) is 2. The van der Waals surface area contributed by atoms with Crippen LogP contribution in [0.2, 0.25) is 0 Å². The molecule has 116 valence electrons. The number of carbonyl (C=O) groups is 1. The zero-order valence-corrected chi connectivity index (χ0v) is 13.2. The van der Waals surface area contributed by atoms with Crippen LogP contribution in [0.15, 0.2) is 18.2 Å². The molecule has 1 aliphatic carbocycles. The van der Waals surface area contributed by atoms with Crippen LogP contribution in [-0.4, -0.2) is 44.2 Å². The van der Waals surface area contributed by atoms with Gasteiger partial charge in [-0.2, -0.15) is 0 Å². The minimum absolute atomic E-state index is 0.0491. The molecule has 0 heterocycles. The number of benzene rings is 1. The summed E-state index contributed by atoms with van der Waals surface area (Å²) in [7, 11) is 5.10. The summed E-state index contributed by atoms with van der Waals surface area (Å²) in [4.78, 5) is 13.5. The summed E-state index contributed by atoms with van der Waals surface area (Å²) in [5, 5.41) is 3.46. The van der Waals surface area contributed by atoms with Crippen molar-refractivity contribution in [3.05, 3.63) is 23.8 Å². The van der Waals surface area contributed by atoms with E-state index in [1.54, 1.807) is 28.1 Å². The van der Waals surface area contributed by atoms with Crippen molar-refractivity contribution in [1.29, 1.82) is 0 Å². The largest absolute Gasteiger partial charge is 0.497 e. The van der Waals surface area contributed by atoms with Gasteiger partial charge in [0.1, 0.15) is 11.5 Å². The fourth-order valence-corrected chi connectivity index (χ4v) is 2.08. The highest BCUT2D eigenvalue weighted by Crippen LogP contribution is 2.27. The van der Waals surface area contributed by atoms with Gasteiger partial charge in [0.2, 0.25) is 0 Å². The van der Waals surface area contributed by atoms with Crippen LogP contribution in [0.3, 0.4) is 0 Å². The van der Waals surface area contributed by atoms with E-state index < -0.39 is 6.10 Å². The summed E-state index contributed by atoms with van der Waals surface area (Å²) in [6.45, 7) is 2.49. The van der Waals surface area contributed by atoms with Crippen LogP contribution >= 0.6 is 0 Å². The Hall–Kier alpha value is -1.75. The molecule has 0 bridgehead atoms. The molecule has 1 unspecified atom stereocenters. The second kappa shape index (κ2) is 6.80. The number of carbonyl (C=O) groups excluding carboxylic acids is 1. The van der Waals surface area contributed by atoms with Gasteiger partial charge in [0.15, 0.2) is 6.10 Å². The average molecular weight is 292 g/mol. The minimum atomic E-state index is -0.506. The Labute approximate surface area is 126 Å². The molecular formula is C16H24N2O3. The first kappa shape index (κ1) is 15.6. The normalized spacial score (nSPS) is 15.4. The number of likely N-dealkylation sites (N-methyl/N-ethyl adjacent to an activating group) is 1. The summed E-state index contributed by atoms with van der Waals surface area (Å²) in [5.74, 6) is 1.47. The van der Waals surface area contributed by atoms with Crippen molar-refractivity contribution in [1.82, 2.24) is 10.2 Å². The first-order valence-corrected chi connectivity index (χ1v) is 7.29. The lowest BCUT2D eigenvalue weighted by molar-refractivity contribution is -0.135. The van der Waals surface area contributed by atoms with E-state index in [-0.39, 0.29) is 5.91 Å². The fourth-order valence-electron chi connectivity index (χ4n) is 2.08. The molecule has 0 aromatic heterocycles. The lowest BCUT2D eigenvalue weighted by atomic mass is 10.1. The molecule has 1 fully saturated rings. The second-order valence-corrected chi connectivity index (χ2v) is 5.62. The molecule has 5 heteroatoms. The molecular weight excluding hydrogens is 268 g/mol. The molecule has 1 saturated carbocycles. The Morgan fingerprint density at radius 2 is 2.14 bits per heavy atom. The van der Waals surface area contributed by atoms with Crippen LogP contribution in [0.25, 0.3) is 0 Å². The van der Waals surface area contributed by atoms with Crippen molar-refractivity contribution >= 4 is 5.91 Å². The van der Waals surface area contributed by atoms with E-state index in [2.05, 4.69) is 5.32 Å². The van der Waals surface area contributed by atoms with Gasteiger partial charge in [0, 0.05) is 32.2 Å². The minimum Gasteiger partial charge on any atom is -0.497 e. The van der Waals surface area contributed by atoms with Gasteiger partial charge in [-0.15, -0.1) is 0 Å². The van der Waals surface area contributed by atoms with Crippen molar-refractivity contribution in [3.8, 4) is 11.5 Å². The highest BCUT2D eigenvalue weighted by molar-refractivity contribution is 5.80. The van der Waals surface area contributed by atoms with E-state index in [0.717, 1.165) is 23.6 Å². The number of nitrogens with one attached hydrogen (secondary N) is 1. The SMILES string of the molecule is COc1ccc(OC(C)C(=O)N(C)C)c(CNC2CC2)c1. The van der Waals surface area contributed by atoms with Crippen LogP contribution in [-0.2, 0) is 11.3 Å². The Morgan fingerprint density at radius 1 is 1.43 bits per heavy atom. The first-order chi connectivity index (χ1) is 10.0. The maximum atomic E-state index is 11.9. The second-order valence-electron chi connectivity index (χ2n) is 5.62. The molecule has 1 aromatic carbocycles. The molecule has 0 saturated heterocycles. The molecule has 0 spiro atoms. The van der Waals surface area contributed by atoms with E-state index in [4.69, 9.17) is 9.47 Å². The quantitative estimate of drug-likeness (QED) is 0.832. The van der Waals surface area contributed by atoms with E-state index in [1.165, 1.54) is 17.7 Å². The molecule has 0 radical (unpaired) electrons. The monoisotopic (exact) mass is 292 g/mol. The molecule has 1 amide bonds. The van der Waals surface area contributed by atoms with Crippen LogP contribution in [0.5, 0.6) is 11.5 Å². The Morgan fingerprint density at radius 3 is 2.71 bits per heavy atom. The van der Waals surface area contributed by atoms with Crippen LogP contribution in [0.4, 0.5) is 0 Å². The lowest BCUT2D eigenvalue weighted by Gasteiger charge is -2.20. The van der Waals surface area contributed by atoms with Crippen LogP contribution in [0.1, 0.15) is 25.3 Å². The van der Waals surface area contributed by atoms with E-state index in [0.29, 0.717) is 6.04 Å². The van der Waals surface area contributed by atoms with E-state index >= 15 is 0 Å². The van der Waals surface area contributed by atoms with Crippen LogP contribution < -0.4 is 14.8 Å². The Kier molecular flexibility index (Phi) is 5.07. The van der Waals surface area contributed by atoms with Gasteiger partial charge in [0.25, 0.3) is 5.91 Å². The molecule has 21 heavy (non-hydrogen) atoms. The highest BCUT2D eigenvalue weighted by atomic mass is 16.5. The summed E-state index contributed by atoms with van der Waals surface area (Å²) < 4.78 is 11.1. The third-order valence-corrected chi connectivity index (χ3v) is 3.52. The number of methoxy groups -OCH3 is 1. The van der Waals surface area contributed by atoms with Gasteiger partial charge in [-0.25, -0.2) is 0 Å². The van der Waals surface area contributed by atoms with Gasteiger partial charge < -0.3 is 19.7 Å². The summed E-state index contributed by atoms with van der Waals surface area (Å²) in [6.07, 6.45) is 1.96. The average Bonchev–Trinajstić information content (AvgIpc) is 3.29. The van der Waals surface area contributed by atoms with Crippen molar-refractivity contribution in [2.45, 2.75) is 38.5 Å². The number of nitrogens with zero attached hydrogens (tertiary/aromatic N) is 1. The van der Waals surface area contributed by atoms with Crippen LogP contribution in [0, 0.1) is 0 Å². The predicted octanol–water partition coefficient (Wildman–Crippen LogP) is 1.80. The molecule has 2 rings (SSSR count). The predicted molar refractivity (Wildman–Crippen MR) is 81.6 cm³/mol. The van der Waals surface area contributed by atoms with Gasteiger partial charge in [-0.1, -0.05) is 0 Å². The zero-order valence-electron chi connectivity index (χ0n) is 13.2. The smallest absolute Gasteiger partial charge is 0.262 e.